The standard InChI is InChI=1S/C15H25N5OS/c1-12-9-17-14(22-12)10-18-15(16-2)20-4-3-13(11-20)19-5-7-21-8-6-19/h9,13H,3-8,10-11H2,1-2H3,(H,16,18). The molecule has 0 spiro atoms. The molecule has 3 rings (SSSR count). The maximum atomic E-state index is 5.45. The molecule has 1 N–H and O–H groups in total. The van der Waals surface area contributed by atoms with Crippen LogP contribution in [0.25, 0.3) is 0 Å². The molecular weight excluding hydrogens is 298 g/mol. The lowest BCUT2D eigenvalue weighted by Crippen LogP contribution is -2.46. The number of guanidine groups is 1. The van der Waals surface area contributed by atoms with Gasteiger partial charge in [0.25, 0.3) is 0 Å². The minimum atomic E-state index is 0.629. The average Bonchev–Trinajstić information content (AvgIpc) is 3.18. The number of aryl methyl sites for hydroxylation is 1. The summed E-state index contributed by atoms with van der Waals surface area (Å²) in [7, 11) is 1.86. The number of aromatic nitrogens is 1. The molecule has 1 aromatic rings. The lowest BCUT2D eigenvalue weighted by molar-refractivity contribution is 0.0195. The number of nitrogens with zero attached hydrogens (tertiary/aromatic N) is 4. The Labute approximate surface area is 136 Å². The molecule has 0 amide bonds. The van der Waals surface area contributed by atoms with Gasteiger partial charge in [0.2, 0.25) is 0 Å². The van der Waals surface area contributed by atoms with E-state index in [0.717, 1.165) is 56.9 Å². The van der Waals surface area contributed by atoms with Crippen LogP contribution in [0.15, 0.2) is 11.2 Å². The van der Waals surface area contributed by atoms with Gasteiger partial charge in [-0.25, -0.2) is 4.98 Å². The second-order valence-electron chi connectivity index (χ2n) is 5.80. The SMILES string of the molecule is CN=C(NCc1ncc(C)s1)N1CCC(N2CCOCC2)C1. The first-order valence-corrected chi connectivity index (χ1v) is 8.76. The van der Waals surface area contributed by atoms with E-state index in [1.165, 1.54) is 11.3 Å². The highest BCUT2D eigenvalue weighted by molar-refractivity contribution is 7.11. The molecule has 6 nitrogen and oxygen atoms in total. The zero-order chi connectivity index (χ0) is 15.4. The Balaban J connectivity index is 1.51. The van der Waals surface area contributed by atoms with Gasteiger partial charge in [0.1, 0.15) is 5.01 Å². The maximum absolute atomic E-state index is 5.45. The summed E-state index contributed by atoms with van der Waals surface area (Å²) in [5.74, 6) is 0.989. The topological polar surface area (TPSA) is 53.0 Å². The van der Waals surface area contributed by atoms with Crippen LogP contribution in [0, 0.1) is 6.92 Å². The van der Waals surface area contributed by atoms with Crippen LogP contribution < -0.4 is 5.32 Å². The van der Waals surface area contributed by atoms with Crippen molar-refractivity contribution in [1.29, 1.82) is 0 Å². The van der Waals surface area contributed by atoms with Crippen LogP contribution in [0.2, 0.25) is 0 Å². The molecule has 0 bridgehead atoms. The van der Waals surface area contributed by atoms with Gasteiger partial charge in [0.05, 0.1) is 19.8 Å². The first kappa shape index (κ1) is 15.7. The van der Waals surface area contributed by atoms with Gasteiger partial charge in [-0.2, -0.15) is 0 Å². The van der Waals surface area contributed by atoms with Crippen molar-refractivity contribution in [1.82, 2.24) is 20.1 Å². The third-order valence-corrected chi connectivity index (χ3v) is 5.22. The number of nitrogens with one attached hydrogen (secondary N) is 1. The van der Waals surface area contributed by atoms with Gasteiger partial charge in [0, 0.05) is 50.3 Å². The summed E-state index contributed by atoms with van der Waals surface area (Å²) in [6, 6.07) is 0.629. The highest BCUT2D eigenvalue weighted by Crippen LogP contribution is 2.17. The molecule has 22 heavy (non-hydrogen) atoms. The minimum Gasteiger partial charge on any atom is -0.379 e. The third-order valence-electron chi connectivity index (χ3n) is 4.30. The van der Waals surface area contributed by atoms with Gasteiger partial charge < -0.3 is 15.0 Å². The maximum Gasteiger partial charge on any atom is 0.194 e. The lowest BCUT2D eigenvalue weighted by Gasteiger charge is -2.32. The van der Waals surface area contributed by atoms with Crippen LogP contribution in [-0.4, -0.2) is 73.2 Å². The van der Waals surface area contributed by atoms with Crippen LogP contribution >= 0.6 is 11.3 Å². The molecular formula is C15H25N5OS. The van der Waals surface area contributed by atoms with E-state index in [-0.39, 0.29) is 0 Å². The number of thiazole rings is 1. The second-order valence-corrected chi connectivity index (χ2v) is 7.12. The molecule has 0 radical (unpaired) electrons. The smallest absolute Gasteiger partial charge is 0.194 e. The fraction of sp³-hybridized carbons (Fsp3) is 0.733. The van der Waals surface area contributed by atoms with E-state index in [0.29, 0.717) is 6.04 Å². The molecule has 3 heterocycles. The number of morpholine rings is 1. The Kier molecular flexibility index (Phi) is 5.28. The van der Waals surface area contributed by atoms with E-state index < -0.39 is 0 Å². The van der Waals surface area contributed by atoms with Gasteiger partial charge in [-0.15, -0.1) is 11.3 Å². The van der Waals surface area contributed by atoms with Crippen molar-refractivity contribution in [3.63, 3.8) is 0 Å². The number of hydrogen-bond donors (Lipinski definition) is 1. The molecule has 2 aliphatic heterocycles. The minimum absolute atomic E-state index is 0.629. The Hall–Kier alpha value is -1.18. The Bertz CT molecular complexity index is 512. The van der Waals surface area contributed by atoms with Crippen molar-refractivity contribution < 1.29 is 4.74 Å². The zero-order valence-corrected chi connectivity index (χ0v) is 14.2. The molecule has 0 aromatic carbocycles. The molecule has 0 aliphatic carbocycles. The normalized spacial score (nSPS) is 24.0. The Morgan fingerprint density at radius 3 is 2.95 bits per heavy atom. The van der Waals surface area contributed by atoms with E-state index in [1.807, 2.05) is 13.2 Å². The average molecular weight is 323 g/mol. The van der Waals surface area contributed by atoms with Crippen LogP contribution in [0.3, 0.4) is 0 Å². The zero-order valence-electron chi connectivity index (χ0n) is 13.4. The van der Waals surface area contributed by atoms with Crippen LogP contribution in [-0.2, 0) is 11.3 Å². The van der Waals surface area contributed by atoms with Gasteiger partial charge in [-0.3, -0.25) is 9.89 Å². The second kappa shape index (κ2) is 7.39. The first-order valence-electron chi connectivity index (χ1n) is 7.95. The summed E-state index contributed by atoms with van der Waals surface area (Å²) in [4.78, 5) is 15.0. The Morgan fingerprint density at radius 1 is 1.45 bits per heavy atom. The molecule has 0 saturated carbocycles. The summed E-state index contributed by atoms with van der Waals surface area (Å²) in [6.07, 6.45) is 3.13. The van der Waals surface area contributed by atoms with Gasteiger partial charge in [0.15, 0.2) is 5.96 Å². The quantitative estimate of drug-likeness (QED) is 0.663. The molecule has 2 fully saturated rings. The number of likely N-dealkylation sites (tertiary alicyclic amines) is 1. The predicted molar refractivity (Wildman–Crippen MR) is 89.4 cm³/mol. The van der Waals surface area contributed by atoms with Crippen molar-refractivity contribution in [2.24, 2.45) is 4.99 Å². The number of aliphatic imine (C=N–C) groups is 1. The lowest BCUT2D eigenvalue weighted by atomic mass is 10.2. The summed E-state index contributed by atoms with van der Waals surface area (Å²) in [6.45, 7) is 8.81. The fourth-order valence-electron chi connectivity index (χ4n) is 3.14. The number of hydrogen-bond acceptors (Lipinski definition) is 5. The van der Waals surface area contributed by atoms with Crippen LogP contribution in [0.4, 0.5) is 0 Å². The summed E-state index contributed by atoms with van der Waals surface area (Å²) >= 11 is 1.74. The van der Waals surface area contributed by atoms with Crippen molar-refractivity contribution in [2.75, 3.05) is 46.4 Å². The molecule has 2 saturated heterocycles. The summed E-state index contributed by atoms with van der Waals surface area (Å²) in [5.41, 5.74) is 0. The van der Waals surface area contributed by atoms with E-state index in [9.17, 15) is 0 Å². The predicted octanol–water partition coefficient (Wildman–Crippen LogP) is 0.933. The molecule has 1 unspecified atom stereocenters. The van der Waals surface area contributed by atoms with Gasteiger partial charge in [-0.05, 0) is 13.3 Å². The van der Waals surface area contributed by atoms with E-state index in [1.54, 1.807) is 11.3 Å². The molecule has 1 aromatic heterocycles. The van der Waals surface area contributed by atoms with Gasteiger partial charge in [-0.1, -0.05) is 0 Å². The van der Waals surface area contributed by atoms with Crippen LogP contribution in [0.1, 0.15) is 16.3 Å². The summed E-state index contributed by atoms with van der Waals surface area (Å²) < 4.78 is 5.45. The number of rotatable bonds is 3. The van der Waals surface area contributed by atoms with Crippen molar-refractivity contribution in [2.45, 2.75) is 25.9 Å². The van der Waals surface area contributed by atoms with Gasteiger partial charge >= 0.3 is 0 Å². The molecule has 122 valence electrons. The fourth-order valence-corrected chi connectivity index (χ4v) is 3.87. The van der Waals surface area contributed by atoms with Crippen molar-refractivity contribution >= 4 is 17.3 Å². The van der Waals surface area contributed by atoms with E-state index in [2.05, 4.69) is 32.0 Å². The van der Waals surface area contributed by atoms with Crippen molar-refractivity contribution in [3.05, 3.63) is 16.1 Å². The molecule has 1 atom stereocenters. The first-order chi connectivity index (χ1) is 10.8. The summed E-state index contributed by atoms with van der Waals surface area (Å²) in [5, 5.41) is 4.56. The molecule has 7 heteroatoms. The van der Waals surface area contributed by atoms with Crippen LogP contribution in [0.5, 0.6) is 0 Å². The highest BCUT2D eigenvalue weighted by atomic mass is 32.1. The van der Waals surface area contributed by atoms with Crippen molar-refractivity contribution in [3.8, 4) is 0 Å². The van der Waals surface area contributed by atoms with E-state index in [4.69, 9.17) is 4.74 Å². The highest BCUT2D eigenvalue weighted by Gasteiger charge is 2.30. The molecule has 2 aliphatic rings. The number of ether oxygens (including phenoxy) is 1. The largest absolute Gasteiger partial charge is 0.379 e. The Morgan fingerprint density at radius 2 is 2.27 bits per heavy atom. The van der Waals surface area contributed by atoms with E-state index >= 15 is 0 Å². The monoisotopic (exact) mass is 323 g/mol. The third kappa shape index (κ3) is 3.77.